The summed E-state index contributed by atoms with van der Waals surface area (Å²) in [6.45, 7) is 0. The fraction of sp³-hybridized carbons (Fsp3) is 0.0952. The topological polar surface area (TPSA) is 83.4 Å². The van der Waals surface area contributed by atoms with E-state index in [0.717, 1.165) is 38.9 Å². The van der Waals surface area contributed by atoms with Crippen LogP contribution in [0.2, 0.25) is 0 Å². The van der Waals surface area contributed by atoms with Crippen molar-refractivity contribution in [1.82, 2.24) is 19.7 Å². The van der Waals surface area contributed by atoms with Crippen LogP contribution in [-0.4, -0.2) is 19.7 Å². The number of furan rings is 1. The van der Waals surface area contributed by atoms with Gasteiger partial charge in [-0.05, 0) is 29.8 Å². The molecule has 0 radical (unpaired) electrons. The Morgan fingerprint density at radius 2 is 2.15 bits per heavy atom. The molecular weight excluding hydrogens is 338 g/mol. The molecule has 0 fully saturated rings. The van der Waals surface area contributed by atoms with Crippen molar-refractivity contribution in [2.45, 2.75) is 12.5 Å². The normalized spacial score (nSPS) is 12.4. The minimum absolute atomic E-state index is 0.275. The highest BCUT2D eigenvalue weighted by molar-refractivity contribution is 5.92. The Balaban J connectivity index is 1.58. The molecule has 0 aliphatic rings. The van der Waals surface area contributed by atoms with E-state index in [1.807, 2.05) is 61.1 Å². The molecule has 0 saturated heterocycles. The van der Waals surface area contributed by atoms with Crippen LogP contribution in [0.1, 0.15) is 18.2 Å². The average molecular weight is 353 g/mol. The van der Waals surface area contributed by atoms with E-state index in [0.29, 0.717) is 0 Å². The molecule has 0 bridgehead atoms. The van der Waals surface area contributed by atoms with Gasteiger partial charge in [-0.1, -0.05) is 18.2 Å². The summed E-state index contributed by atoms with van der Waals surface area (Å²) in [5.41, 5.74) is 3.67. The number of aromatic nitrogens is 4. The van der Waals surface area contributed by atoms with Crippen LogP contribution >= 0.6 is 0 Å². The van der Waals surface area contributed by atoms with Crippen molar-refractivity contribution >= 4 is 22.0 Å². The van der Waals surface area contributed by atoms with Gasteiger partial charge in [0.1, 0.15) is 23.0 Å². The molecule has 6 nitrogen and oxygen atoms in total. The third kappa shape index (κ3) is 2.57. The van der Waals surface area contributed by atoms with Gasteiger partial charge < -0.3 is 9.40 Å². The number of aromatic amines is 1. The molecule has 0 saturated carbocycles. The predicted molar refractivity (Wildman–Crippen MR) is 102 cm³/mol. The number of nitrogens with one attached hydrogen (secondary N) is 1. The molecule has 5 rings (SSSR count). The fourth-order valence-corrected chi connectivity index (χ4v) is 3.44. The van der Waals surface area contributed by atoms with Crippen molar-refractivity contribution in [1.29, 1.82) is 5.26 Å². The number of nitrogens with zero attached hydrogens (tertiary/aromatic N) is 4. The number of pyridine rings is 1. The minimum Gasteiger partial charge on any atom is -0.459 e. The van der Waals surface area contributed by atoms with Crippen LogP contribution in [0.4, 0.5) is 0 Å². The second-order valence-corrected chi connectivity index (χ2v) is 6.37. The third-order valence-electron chi connectivity index (χ3n) is 4.75. The van der Waals surface area contributed by atoms with Gasteiger partial charge in [-0.25, -0.2) is 4.98 Å². The lowest BCUT2D eigenvalue weighted by atomic mass is 10.1. The van der Waals surface area contributed by atoms with Crippen molar-refractivity contribution < 1.29 is 4.42 Å². The van der Waals surface area contributed by atoms with Crippen LogP contribution in [0.5, 0.6) is 0 Å². The molecule has 0 amide bonds. The molecule has 130 valence electrons. The van der Waals surface area contributed by atoms with Gasteiger partial charge in [0.05, 0.1) is 18.7 Å². The van der Waals surface area contributed by atoms with E-state index in [9.17, 15) is 5.26 Å². The molecule has 1 unspecified atom stereocenters. The van der Waals surface area contributed by atoms with Crippen LogP contribution < -0.4 is 0 Å². The molecule has 0 spiro atoms. The molecule has 1 atom stereocenters. The molecule has 0 aliphatic carbocycles. The van der Waals surface area contributed by atoms with E-state index in [-0.39, 0.29) is 12.5 Å². The first kappa shape index (κ1) is 15.4. The molecular formula is C21H15N5O. The maximum atomic E-state index is 9.33. The Morgan fingerprint density at radius 1 is 1.22 bits per heavy atom. The number of nitriles is 1. The van der Waals surface area contributed by atoms with Gasteiger partial charge in [0, 0.05) is 34.9 Å². The lowest BCUT2D eigenvalue weighted by Crippen LogP contribution is -2.09. The number of hydrogen-bond donors (Lipinski definition) is 1. The Bertz CT molecular complexity index is 1250. The largest absolute Gasteiger partial charge is 0.459 e. The lowest BCUT2D eigenvalue weighted by molar-refractivity contribution is 0.426. The number of hydrogen-bond acceptors (Lipinski definition) is 4. The van der Waals surface area contributed by atoms with Crippen LogP contribution in [0.3, 0.4) is 0 Å². The summed E-state index contributed by atoms with van der Waals surface area (Å²) in [5.74, 6) is 0.730. The number of para-hydroxylation sites is 1. The van der Waals surface area contributed by atoms with Crippen LogP contribution in [-0.2, 0) is 0 Å². The lowest BCUT2D eigenvalue weighted by Gasteiger charge is -2.11. The van der Waals surface area contributed by atoms with E-state index < -0.39 is 0 Å². The summed E-state index contributed by atoms with van der Waals surface area (Å²) in [5, 5.41) is 15.9. The van der Waals surface area contributed by atoms with Crippen molar-refractivity contribution in [2.24, 2.45) is 0 Å². The first-order chi connectivity index (χ1) is 13.3. The van der Waals surface area contributed by atoms with Gasteiger partial charge in [0.15, 0.2) is 0 Å². The smallest absolute Gasteiger partial charge is 0.137 e. The van der Waals surface area contributed by atoms with Gasteiger partial charge >= 0.3 is 0 Å². The maximum Gasteiger partial charge on any atom is 0.137 e. The van der Waals surface area contributed by atoms with E-state index in [2.05, 4.69) is 21.1 Å². The Morgan fingerprint density at radius 3 is 3.04 bits per heavy atom. The summed E-state index contributed by atoms with van der Waals surface area (Å²) in [4.78, 5) is 7.45. The van der Waals surface area contributed by atoms with Crippen molar-refractivity contribution in [2.75, 3.05) is 0 Å². The van der Waals surface area contributed by atoms with Crippen LogP contribution in [0.15, 0.2) is 71.7 Å². The first-order valence-electron chi connectivity index (χ1n) is 8.65. The SMILES string of the molecule is N#CCC(c1cc2ccccc2o1)n1cc(-c2ccnc3[nH]ccc23)cn1. The molecule has 6 heteroatoms. The maximum absolute atomic E-state index is 9.33. The fourth-order valence-electron chi connectivity index (χ4n) is 3.44. The van der Waals surface area contributed by atoms with Crippen molar-refractivity contribution in [3.05, 3.63) is 73.0 Å². The Hall–Kier alpha value is -3.85. The number of rotatable bonds is 4. The van der Waals surface area contributed by atoms with E-state index in [1.54, 1.807) is 10.9 Å². The van der Waals surface area contributed by atoms with Gasteiger partial charge in [0.2, 0.25) is 0 Å². The first-order valence-corrected chi connectivity index (χ1v) is 8.65. The highest BCUT2D eigenvalue weighted by Crippen LogP contribution is 2.31. The summed E-state index contributed by atoms with van der Waals surface area (Å²) in [7, 11) is 0. The molecule has 1 N–H and O–H groups in total. The zero-order chi connectivity index (χ0) is 18.2. The second kappa shape index (κ2) is 6.15. The summed E-state index contributed by atoms with van der Waals surface area (Å²) in [6, 6.07) is 15.8. The van der Waals surface area contributed by atoms with Gasteiger partial charge in [-0.2, -0.15) is 10.4 Å². The molecule has 4 heterocycles. The zero-order valence-electron chi connectivity index (χ0n) is 14.3. The van der Waals surface area contributed by atoms with Gasteiger partial charge in [0.25, 0.3) is 0 Å². The second-order valence-electron chi connectivity index (χ2n) is 6.37. The average Bonchev–Trinajstić information content (AvgIpc) is 3.44. The predicted octanol–water partition coefficient (Wildman–Crippen LogP) is 4.68. The quantitative estimate of drug-likeness (QED) is 0.509. The third-order valence-corrected chi connectivity index (χ3v) is 4.75. The molecule has 4 aromatic heterocycles. The number of fused-ring (bicyclic) bond motifs is 2. The summed E-state index contributed by atoms with van der Waals surface area (Å²) >= 11 is 0. The van der Waals surface area contributed by atoms with Gasteiger partial charge in [-0.15, -0.1) is 0 Å². The number of benzene rings is 1. The highest BCUT2D eigenvalue weighted by Gasteiger charge is 2.20. The minimum atomic E-state index is -0.278. The van der Waals surface area contributed by atoms with Gasteiger partial charge in [-0.3, -0.25) is 4.68 Å². The van der Waals surface area contributed by atoms with E-state index in [4.69, 9.17) is 4.42 Å². The van der Waals surface area contributed by atoms with Crippen molar-refractivity contribution in [3.63, 3.8) is 0 Å². The molecule has 27 heavy (non-hydrogen) atoms. The molecule has 5 aromatic rings. The summed E-state index contributed by atoms with van der Waals surface area (Å²) in [6.07, 6.45) is 7.69. The standard InChI is InChI=1S/C21H15N5O/c22-8-5-18(20-11-14-3-1-2-4-19(14)27-20)26-13-15(12-25-26)16-6-9-23-21-17(16)7-10-24-21/h1-4,6-7,9-13,18H,5H2,(H,23,24). The number of H-pyrrole nitrogens is 1. The van der Waals surface area contributed by atoms with Crippen molar-refractivity contribution in [3.8, 4) is 17.2 Å². The Labute approximate surface area is 154 Å². The van der Waals surface area contributed by atoms with E-state index in [1.165, 1.54) is 0 Å². The molecule has 1 aromatic carbocycles. The van der Waals surface area contributed by atoms with Crippen LogP contribution in [0, 0.1) is 11.3 Å². The zero-order valence-corrected chi connectivity index (χ0v) is 14.3. The van der Waals surface area contributed by atoms with Crippen LogP contribution in [0.25, 0.3) is 33.1 Å². The summed E-state index contributed by atoms with van der Waals surface area (Å²) < 4.78 is 7.78. The monoisotopic (exact) mass is 353 g/mol. The van der Waals surface area contributed by atoms with E-state index >= 15 is 0 Å². The highest BCUT2D eigenvalue weighted by atomic mass is 16.3. The molecule has 0 aliphatic heterocycles. The Kier molecular flexibility index (Phi) is 3.51.